The first-order chi connectivity index (χ1) is 17.3. The molecule has 2 aromatic carbocycles. The van der Waals surface area contributed by atoms with Crippen molar-refractivity contribution in [3.63, 3.8) is 0 Å². The summed E-state index contributed by atoms with van der Waals surface area (Å²) in [7, 11) is 0. The Kier molecular flexibility index (Phi) is 7.69. The van der Waals surface area contributed by atoms with Crippen LogP contribution in [0.15, 0.2) is 59.6 Å². The monoisotopic (exact) mass is 506 g/mol. The Morgan fingerprint density at radius 3 is 2.64 bits per heavy atom. The van der Waals surface area contributed by atoms with Crippen LogP contribution < -0.4 is 16.4 Å². The first-order valence-electron chi connectivity index (χ1n) is 11.3. The lowest BCUT2D eigenvalue weighted by Crippen LogP contribution is -2.38. The van der Waals surface area contributed by atoms with Gasteiger partial charge < -0.3 is 26.4 Å². The van der Waals surface area contributed by atoms with Crippen molar-refractivity contribution < 1.29 is 19.5 Å². The second-order valence-electron chi connectivity index (χ2n) is 8.29. The van der Waals surface area contributed by atoms with Crippen molar-refractivity contribution in [2.24, 2.45) is 0 Å². The SMILES string of the molecule is CSc1ccc(CNC(=O)c2cccc(-c3cnc(N)c(C(=O)N[C@H]4CCN(C(=O)O)C4)n3)c2)cc1. The fraction of sp³-hybridized carbons (Fsp3) is 0.240. The van der Waals surface area contributed by atoms with Crippen molar-refractivity contribution in [3.05, 3.63) is 71.5 Å². The Morgan fingerprint density at radius 2 is 1.94 bits per heavy atom. The molecule has 1 aromatic heterocycles. The van der Waals surface area contributed by atoms with E-state index in [-0.39, 0.29) is 30.0 Å². The molecule has 3 aromatic rings. The molecule has 0 radical (unpaired) electrons. The third kappa shape index (κ3) is 5.92. The normalized spacial score (nSPS) is 14.9. The van der Waals surface area contributed by atoms with E-state index in [0.29, 0.717) is 36.3 Å². The number of nitrogens with one attached hydrogen (secondary N) is 2. The predicted molar refractivity (Wildman–Crippen MR) is 137 cm³/mol. The lowest BCUT2D eigenvalue weighted by Gasteiger charge is -2.14. The minimum Gasteiger partial charge on any atom is -0.465 e. The summed E-state index contributed by atoms with van der Waals surface area (Å²) in [4.78, 5) is 47.5. The number of carboxylic acid groups (broad SMARTS) is 1. The molecular formula is C25H26N6O4S. The number of hydrogen-bond donors (Lipinski definition) is 4. The minimum atomic E-state index is -1.02. The number of hydrogen-bond acceptors (Lipinski definition) is 7. The molecule has 1 aliphatic rings. The molecule has 186 valence electrons. The number of likely N-dealkylation sites (tertiary alicyclic amines) is 1. The molecule has 0 saturated carbocycles. The van der Waals surface area contributed by atoms with Gasteiger partial charge in [0.2, 0.25) is 0 Å². The summed E-state index contributed by atoms with van der Waals surface area (Å²) < 4.78 is 0. The smallest absolute Gasteiger partial charge is 0.407 e. The number of nitrogen functional groups attached to an aromatic ring is 1. The van der Waals surface area contributed by atoms with Gasteiger partial charge in [-0.05, 0) is 42.5 Å². The first-order valence-corrected chi connectivity index (χ1v) is 12.5. The van der Waals surface area contributed by atoms with Gasteiger partial charge in [-0.25, -0.2) is 14.8 Å². The van der Waals surface area contributed by atoms with E-state index in [2.05, 4.69) is 20.6 Å². The van der Waals surface area contributed by atoms with Gasteiger partial charge in [0.05, 0.1) is 11.9 Å². The molecule has 10 nitrogen and oxygen atoms in total. The van der Waals surface area contributed by atoms with E-state index < -0.39 is 12.0 Å². The van der Waals surface area contributed by atoms with Crippen LogP contribution in [0.25, 0.3) is 11.3 Å². The molecule has 1 atom stereocenters. The van der Waals surface area contributed by atoms with Gasteiger partial charge in [0, 0.05) is 41.7 Å². The maximum atomic E-state index is 12.8. The quantitative estimate of drug-likeness (QED) is 0.357. The van der Waals surface area contributed by atoms with Crippen LogP contribution in [0.1, 0.15) is 32.8 Å². The van der Waals surface area contributed by atoms with Gasteiger partial charge in [0.1, 0.15) is 0 Å². The Hall–Kier alpha value is -4.12. The summed E-state index contributed by atoms with van der Waals surface area (Å²) in [5.41, 5.74) is 8.28. The third-order valence-electron chi connectivity index (χ3n) is 5.84. The van der Waals surface area contributed by atoms with E-state index in [1.807, 2.05) is 30.5 Å². The maximum Gasteiger partial charge on any atom is 0.407 e. The Bertz CT molecular complexity index is 1280. The zero-order chi connectivity index (χ0) is 25.7. The van der Waals surface area contributed by atoms with Crippen molar-refractivity contribution in [2.75, 3.05) is 25.1 Å². The number of aromatic nitrogens is 2. The van der Waals surface area contributed by atoms with Crippen molar-refractivity contribution >= 4 is 35.5 Å². The molecule has 11 heteroatoms. The number of rotatable bonds is 7. The number of amides is 3. The molecule has 4 rings (SSSR count). The lowest BCUT2D eigenvalue weighted by atomic mass is 10.1. The fourth-order valence-corrected chi connectivity index (χ4v) is 4.27. The number of nitrogens with zero attached hydrogens (tertiary/aromatic N) is 3. The van der Waals surface area contributed by atoms with Gasteiger partial charge in [-0.3, -0.25) is 9.59 Å². The van der Waals surface area contributed by atoms with Crippen LogP contribution in [0.3, 0.4) is 0 Å². The molecule has 1 saturated heterocycles. The molecule has 0 bridgehead atoms. The van der Waals surface area contributed by atoms with Crippen molar-refractivity contribution in [1.29, 1.82) is 0 Å². The number of benzene rings is 2. The number of thioether (sulfide) groups is 1. The minimum absolute atomic E-state index is 0.0364. The third-order valence-corrected chi connectivity index (χ3v) is 6.59. The molecule has 3 amide bonds. The molecular weight excluding hydrogens is 480 g/mol. The second-order valence-corrected chi connectivity index (χ2v) is 9.17. The number of nitrogens with two attached hydrogens (primary N) is 1. The zero-order valence-electron chi connectivity index (χ0n) is 19.6. The highest BCUT2D eigenvalue weighted by molar-refractivity contribution is 7.98. The molecule has 36 heavy (non-hydrogen) atoms. The summed E-state index contributed by atoms with van der Waals surface area (Å²) in [6, 6.07) is 14.5. The van der Waals surface area contributed by atoms with E-state index in [9.17, 15) is 14.4 Å². The van der Waals surface area contributed by atoms with Crippen LogP contribution in [0.4, 0.5) is 10.6 Å². The van der Waals surface area contributed by atoms with Gasteiger partial charge in [-0.2, -0.15) is 0 Å². The topological polar surface area (TPSA) is 151 Å². The Morgan fingerprint density at radius 1 is 1.17 bits per heavy atom. The predicted octanol–water partition coefficient (Wildman–Crippen LogP) is 2.86. The molecule has 0 aliphatic carbocycles. The van der Waals surface area contributed by atoms with Gasteiger partial charge in [0.15, 0.2) is 11.5 Å². The molecule has 0 unspecified atom stereocenters. The second kappa shape index (κ2) is 11.1. The van der Waals surface area contributed by atoms with E-state index in [1.165, 1.54) is 11.1 Å². The largest absolute Gasteiger partial charge is 0.465 e. The van der Waals surface area contributed by atoms with E-state index in [4.69, 9.17) is 10.8 Å². The van der Waals surface area contributed by atoms with Crippen LogP contribution in [0.2, 0.25) is 0 Å². The Balaban J connectivity index is 1.45. The average molecular weight is 507 g/mol. The summed E-state index contributed by atoms with van der Waals surface area (Å²) >= 11 is 1.66. The van der Waals surface area contributed by atoms with E-state index in [0.717, 1.165) is 10.5 Å². The summed E-state index contributed by atoms with van der Waals surface area (Å²) in [6.45, 7) is 0.941. The lowest BCUT2D eigenvalue weighted by molar-refractivity contribution is 0.0928. The van der Waals surface area contributed by atoms with Crippen LogP contribution >= 0.6 is 11.8 Å². The Labute approximate surface area is 212 Å². The molecule has 5 N–H and O–H groups in total. The van der Waals surface area contributed by atoms with E-state index >= 15 is 0 Å². The highest BCUT2D eigenvalue weighted by Crippen LogP contribution is 2.21. The number of carbonyl (C=O) groups is 3. The van der Waals surface area contributed by atoms with Crippen LogP contribution in [-0.4, -0.2) is 63.3 Å². The highest BCUT2D eigenvalue weighted by atomic mass is 32.2. The first kappa shape index (κ1) is 25.0. The molecule has 0 spiro atoms. The summed E-state index contributed by atoms with van der Waals surface area (Å²) in [5, 5.41) is 14.8. The van der Waals surface area contributed by atoms with Crippen LogP contribution in [0, 0.1) is 0 Å². The van der Waals surface area contributed by atoms with Gasteiger partial charge >= 0.3 is 6.09 Å². The number of carbonyl (C=O) groups excluding carboxylic acids is 2. The fourth-order valence-electron chi connectivity index (χ4n) is 3.86. The zero-order valence-corrected chi connectivity index (χ0v) is 20.4. The average Bonchev–Trinajstić information content (AvgIpc) is 3.36. The van der Waals surface area contributed by atoms with Crippen molar-refractivity contribution in [1.82, 2.24) is 25.5 Å². The molecule has 1 aliphatic heterocycles. The molecule has 1 fully saturated rings. The number of anilines is 1. The summed E-state index contributed by atoms with van der Waals surface area (Å²) in [6.07, 6.45) is 2.93. The van der Waals surface area contributed by atoms with Crippen LogP contribution in [-0.2, 0) is 6.54 Å². The van der Waals surface area contributed by atoms with Crippen molar-refractivity contribution in [2.45, 2.75) is 23.9 Å². The van der Waals surface area contributed by atoms with Crippen molar-refractivity contribution in [3.8, 4) is 11.3 Å². The van der Waals surface area contributed by atoms with Gasteiger partial charge in [-0.15, -0.1) is 11.8 Å². The van der Waals surface area contributed by atoms with Gasteiger partial charge in [-0.1, -0.05) is 24.3 Å². The molecule has 2 heterocycles. The van der Waals surface area contributed by atoms with Crippen LogP contribution in [0.5, 0.6) is 0 Å². The standard InChI is InChI=1S/C25H26N6O4S/c1-36-19-7-5-15(6-8-19)12-28-23(32)17-4-2-3-16(11-17)20-13-27-22(26)21(30-20)24(33)29-18-9-10-31(14-18)25(34)35/h2-8,11,13,18H,9-10,12,14H2,1H3,(H2,26,27)(H,28,32)(H,29,33)(H,34,35)/t18-/m0/s1. The van der Waals surface area contributed by atoms with E-state index in [1.54, 1.807) is 36.0 Å². The summed E-state index contributed by atoms with van der Waals surface area (Å²) in [5.74, 6) is -0.803. The van der Waals surface area contributed by atoms with Gasteiger partial charge in [0.25, 0.3) is 11.8 Å². The maximum absolute atomic E-state index is 12.8. The highest BCUT2D eigenvalue weighted by Gasteiger charge is 2.28.